The number of ether oxygens (including phenoxy) is 2. The smallest absolute Gasteiger partial charge is 0.459 e. The van der Waals surface area contributed by atoms with Gasteiger partial charge < -0.3 is 25.0 Å². The number of anilines is 2. The Morgan fingerprint density at radius 1 is 1.23 bits per heavy atom. The fourth-order valence-corrected chi connectivity index (χ4v) is 6.04. The summed E-state index contributed by atoms with van der Waals surface area (Å²) in [4.78, 5) is 25.7. The predicted octanol–water partition coefficient (Wildman–Crippen LogP) is 4.04. The number of carbonyl (C=O) groups excluding carboxylic acids is 1. The Hall–Kier alpha value is -3.25. The van der Waals surface area contributed by atoms with Crippen molar-refractivity contribution in [1.82, 2.24) is 24.6 Å². The van der Waals surface area contributed by atoms with E-state index in [-0.39, 0.29) is 24.6 Å². The summed E-state index contributed by atoms with van der Waals surface area (Å²) in [5.74, 6) is 0.594. The number of hydrogen-bond donors (Lipinski definition) is 3. The van der Waals surface area contributed by atoms with E-state index in [1.807, 2.05) is 17.6 Å². The average molecular weight is 574 g/mol. The molecule has 14 heteroatoms. The lowest BCUT2D eigenvalue weighted by atomic mass is 10.1. The molecular weight excluding hydrogens is 537 g/mol. The molecule has 3 aromatic rings. The van der Waals surface area contributed by atoms with Crippen molar-refractivity contribution in [1.29, 1.82) is 0 Å². The molecule has 1 aromatic carbocycles. The Morgan fingerprint density at radius 2 is 1.98 bits per heavy atom. The van der Waals surface area contributed by atoms with Crippen molar-refractivity contribution in [3.63, 3.8) is 0 Å². The summed E-state index contributed by atoms with van der Waals surface area (Å²) in [5, 5.41) is 6.07. The molecular formula is C26H36N7O6P. The van der Waals surface area contributed by atoms with E-state index in [0.717, 1.165) is 12.8 Å². The van der Waals surface area contributed by atoms with Crippen LogP contribution in [0.15, 0.2) is 36.7 Å². The predicted molar refractivity (Wildman–Crippen MR) is 149 cm³/mol. The van der Waals surface area contributed by atoms with Crippen LogP contribution >= 0.6 is 7.75 Å². The van der Waals surface area contributed by atoms with Crippen LogP contribution in [0.5, 0.6) is 5.75 Å². The third-order valence-electron chi connectivity index (χ3n) is 6.54. The molecule has 1 unspecified atom stereocenters. The standard InChI is InChI=1S/C26H36N7O6P/c1-15(2)37-25(34)17(4)32-40(35,39-19-8-6-5-7-9-19)36-13-20-12-16(3)24(38-20)33-14-28-21-22(29-18-10-11-18)30-26(27)31-23(21)33/h5-9,14-18,20,24H,10-13H2,1-4H3,(H,32,35)(H3,27,29,30,31)/t16-,17-,20-,24+,40?/m0/s1. The van der Waals surface area contributed by atoms with Gasteiger partial charge in [-0.2, -0.15) is 15.1 Å². The van der Waals surface area contributed by atoms with E-state index in [1.165, 1.54) is 0 Å². The van der Waals surface area contributed by atoms with Crippen LogP contribution in [0.25, 0.3) is 11.2 Å². The molecule has 5 atom stereocenters. The highest BCUT2D eigenvalue weighted by atomic mass is 31.2. The number of nitrogen functional groups attached to an aromatic ring is 1. The molecule has 1 saturated carbocycles. The number of esters is 1. The maximum atomic E-state index is 13.8. The van der Waals surface area contributed by atoms with Crippen LogP contribution in [0, 0.1) is 5.92 Å². The number of nitrogens with one attached hydrogen (secondary N) is 2. The van der Waals surface area contributed by atoms with Crippen molar-refractivity contribution in [2.24, 2.45) is 5.92 Å². The first kappa shape index (κ1) is 28.3. The summed E-state index contributed by atoms with van der Waals surface area (Å²) < 4.78 is 38.8. The molecule has 0 spiro atoms. The highest BCUT2D eigenvalue weighted by Gasteiger charge is 2.39. The van der Waals surface area contributed by atoms with Crippen LogP contribution in [0.3, 0.4) is 0 Å². The molecule has 2 aromatic heterocycles. The quantitative estimate of drug-likeness (QED) is 0.211. The number of nitrogens with zero attached hydrogens (tertiary/aromatic N) is 4. The van der Waals surface area contributed by atoms with E-state index in [1.54, 1.807) is 51.4 Å². The molecule has 1 aliphatic heterocycles. The Kier molecular flexibility index (Phi) is 8.27. The molecule has 0 bridgehead atoms. The highest BCUT2D eigenvalue weighted by Crippen LogP contribution is 2.46. The Bertz CT molecular complexity index is 1380. The van der Waals surface area contributed by atoms with Crippen LogP contribution < -0.4 is 20.7 Å². The van der Waals surface area contributed by atoms with Gasteiger partial charge in [0.25, 0.3) is 0 Å². The first-order chi connectivity index (χ1) is 19.1. The minimum absolute atomic E-state index is 0.0395. The maximum Gasteiger partial charge on any atom is 0.459 e. The van der Waals surface area contributed by atoms with E-state index in [9.17, 15) is 9.36 Å². The van der Waals surface area contributed by atoms with Gasteiger partial charge in [0.2, 0.25) is 5.95 Å². The van der Waals surface area contributed by atoms with E-state index < -0.39 is 32.1 Å². The zero-order valence-corrected chi connectivity index (χ0v) is 23.9. The molecule has 3 heterocycles. The summed E-state index contributed by atoms with van der Waals surface area (Å²) in [6.45, 7) is 7.03. The van der Waals surface area contributed by atoms with E-state index in [4.69, 9.17) is 24.3 Å². The molecule has 0 radical (unpaired) electrons. The summed E-state index contributed by atoms with van der Waals surface area (Å²) in [6.07, 6.45) is 3.33. The maximum absolute atomic E-state index is 13.8. The van der Waals surface area contributed by atoms with Gasteiger partial charge in [-0.05, 0) is 52.2 Å². The second-order valence-corrected chi connectivity index (χ2v) is 12.3. The number of para-hydroxylation sites is 1. The number of imidazole rings is 1. The normalized spacial score (nSPS) is 23.2. The number of hydrogen-bond acceptors (Lipinski definition) is 11. The average Bonchev–Trinajstić information content (AvgIpc) is 3.49. The van der Waals surface area contributed by atoms with Gasteiger partial charge in [-0.25, -0.2) is 9.55 Å². The first-order valence-corrected chi connectivity index (χ1v) is 15.0. The zero-order chi connectivity index (χ0) is 28.4. The van der Waals surface area contributed by atoms with Crippen molar-refractivity contribution in [3.05, 3.63) is 36.7 Å². The first-order valence-electron chi connectivity index (χ1n) is 13.5. The van der Waals surface area contributed by atoms with E-state index in [0.29, 0.717) is 35.2 Å². The van der Waals surface area contributed by atoms with Crippen LogP contribution in [0.2, 0.25) is 0 Å². The van der Waals surface area contributed by atoms with Crippen molar-refractivity contribution >= 4 is 36.6 Å². The van der Waals surface area contributed by atoms with E-state index in [2.05, 4.69) is 25.4 Å². The van der Waals surface area contributed by atoms with Gasteiger partial charge in [0.05, 0.1) is 25.1 Å². The molecule has 5 rings (SSSR count). The molecule has 2 aliphatic rings. The lowest BCUT2D eigenvalue weighted by molar-refractivity contribution is -0.149. The number of rotatable bonds is 12. The largest absolute Gasteiger partial charge is 0.462 e. The highest BCUT2D eigenvalue weighted by molar-refractivity contribution is 7.52. The number of benzene rings is 1. The van der Waals surface area contributed by atoms with Crippen LogP contribution in [-0.4, -0.2) is 56.4 Å². The van der Waals surface area contributed by atoms with Crippen LogP contribution in [0.4, 0.5) is 11.8 Å². The zero-order valence-electron chi connectivity index (χ0n) is 23.0. The third kappa shape index (κ3) is 6.72. The second-order valence-electron chi connectivity index (χ2n) is 10.6. The minimum atomic E-state index is -4.00. The second kappa shape index (κ2) is 11.7. The molecule has 13 nitrogen and oxygen atoms in total. The molecule has 40 heavy (non-hydrogen) atoms. The molecule has 1 aliphatic carbocycles. The summed E-state index contributed by atoms with van der Waals surface area (Å²) >= 11 is 0. The lowest BCUT2D eigenvalue weighted by Crippen LogP contribution is -2.36. The Labute approximate surface area is 232 Å². The number of aromatic nitrogens is 4. The van der Waals surface area contributed by atoms with Gasteiger partial charge in [0.15, 0.2) is 17.0 Å². The van der Waals surface area contributed by atoms with Crippen molar-refractivity contribution in [2.75, 3.05) is 17.7 Å². The SMILES string of the molecule is CC(C)OC(=O)[C@H](C)NP(=O)(OC[C@@H]1C[C@H](C)[C@H](n2cnc3c(NC4CC4)nc(N)nc32)O1)Oc1ccccc1. The Balaban J connectivity index is 1.29. The third-order valence-corrected chi connectivity index (χ3v) is 8.18. The topological polar surface area (TPSA) is 165 Å². The summed E-state index contributed by atoms with van der Waals surface area (Å²) in [6, 6.07) is 8.06. The number of carbonyl (C=O) groups is 1. The molecule has 4 N–H and O–H groups in total. The van der Waals surface area contributed by atoms with Gasteiger partial charge in [0.1, 0.15) is 18.0 Å². The molecule has 1 saturated heterocycles. The van der Waals surface area contributed by atoms with E-state index >= 15 is 0 Å². The lowest BCUT2D eigenvalue weighted by Gasteiger charge is -2.24. The summed E-state index contributed by atoms with van der Waals surface area (Å²) in [5.41, 5.74) is 7.21. The molecule has 216 valence electrons. The van der Waals surface area contributed by atoms with Crippen molar-refractivity contribution < 1.29 is 27.9 Å². The summed E-state index contributed by atoms with van der Waals surface area (Å²) in [7, 11) is -4.00. The van der Waals surface area contributed by atoms with Gasteiger partial charge >= 0.3 is 13.7 Å². The number of fused-ring (bicyclic) bond motifs is 1. The molecule has 0 amide bonds. The Morgan fingerprint density at radius 3 is 2.67 bits per heavy atom. The minimum Gasteiger partial charge on any atom is -0.462 e. The van der Waals surface area contributed by atoms with Gasteiger partial charge in [-0.3, -0.25) is 13.9 Å². The fourth-order valence-electron chi connectivity index (χ4n) is 4.52. The monoisotopic (exact) mass is 573 g/mol. The fraction of sp³-hybridized carbons (Fsp3) is 0.538. The van der Waals surface area contributed by atoms with Crippen molar-refractivity contribution in [3.8, 4) is 5.75 Å². The van der Waals surface area contributed by atoms with Gasteiger partial charge in [0, 0.05) is 12.0 Å². The van der Waals surface area contributed by atoms with Crippen LogP contribution in [-0.2, 0) is 23.4 Å². The molecule has 2 fully saturated rings. The number of nitrogens with two attached hydrogens (primary N) is 1. The van der Waals surface area contributed by atoms with Gasteiger partial charge in [-0.15, -0.1) is 0 Å². The van der Waals surface area contributed by atoms with Crippen LogP contribution in [0.1, 0.15) is 53.2 Å². The van der Waals surface area contributed by atoms with Gasteiger partial charge in [-0.1, -0.05) is 25.1 Å². The van der Waals surface area contributed by atoms with Crippen molar-refractivity contribution in [2.45, 2.75) is 77.5 Å².